The molecule has 0 aliphatic heterocycles. The molecule has 2 N–H and O–H groups in total. The fourth-order valence-electron chi connectivity index (χ4n) is 2.04. The lowest BCUT2D eigenvalue weighted by molar-refractivity contribution is -0.124. The van der Waals surface area contributed by atoms with Gasteiger partial charge in [-0.2, -0.15) is 5.10 Å². The van der Waals surface area contributed by atoms with Crippen molar-refractivity contribution in [1.29, 1.82) is 0 Å². The van der Waals surface area contributed by atoms with E-state index in [0.29, 0.717) is 11.3 Å². The third-order valence-corrected chi connectivity index (χ3v) is 3.18. The largest absolute Gasteiger partial charge is 0.378 e. The van der Waals surface area contributed by atoms with Gasteiger partial charge in [0.15, 0.2) is 6.10 Å². The molecule has 2 aromatic carbocycles. The maximum Gasteiger partial charge on any atom is 0.257 e. The highest BCUT2D eigenvalue weighted by Gasteiger charge is 2.16. The van der Waals surface area contributed by atoms with Gasteiger partial charge in [0.05, 0.1) is 5.69 Å². The second-order valence-corrected chi connectivity index (χ2v) is 4.69. The maximum atomic E-state index is 12.0. The SMILES string of the molecule is O=C(Nc1ccc(-n2cncn2)cc1)C(O)c1ccccc1. The van der Waals surface area contributed by atoms with E-state index < -0.39 is 12.0 Å². The molecule has 1 heterocycles. The number of carbonyl (C=O) groups excluding carboxylic acids is 1. The number of nitrogens with one attached hydrogen (secondary N) is 1. The van der Waals surface area contributed by atoms with Crippen LogP contribution in [0.2, 0.25) is 0 Å². The topological polar surface area (TPSA) is 80.0 Å². The molecule has 0 fully saturated rings. The van der Waals surface area contributed by atoms with Crippen molar-refractivity contribution in [3.05, 3.63) is 72.8 Å². The minimum Gasteiger partial charge on any atom is -0.378 e. The van der Waals surface area contributed by atoms with E-state index in [1.54, 1.807) is 59.5 Å². The number of aromatic nitrogens is 3. The summed E-state index contributed by atoms with van der Waals surface area (Å²) < 4.78 is 1.62. The Morgan fingerprint density at radius 1 is 1.09 bits per heavy atom. The molecule has 1 atom stereocenters. The maximum absolute atomic E-state index is 12.0. The van der Waals surface area contributed by atoms with Crippen LogP contribution < -0.4 is 5.32 Å². The van der Waals surface area contributed by atoms with Gasteiger partial charge in [-0.25, -0.2) is 9.67 Å². The molecule has 22 heavy (non-hydrogen) atoms. The lowest BCUT2D eigenvalue weighted by Gasteiger charge is -2.12. The van der Waals surface area contributed by atoms with Gasteiger partial charge in [0.2, 0.25) is 0 Å². The molecular weight excluding hydrogens is 280 g/mol. The summed E-state index contributed by atoms with van der Waals surface area (Å²) in [7, 11) is 0. The highest BCUT2D eigenvalue weighted by Crippen LogP contribution is 2.17. The molecule has 3 rings (SSSR count). The first kappa shape index (κ1) is 14.0. The number of benzene rings is 2. The summed E-state index contributed by atoms with van der Waals surface area (Å²) >= 11 is 0. The second-order valence-electron chi connectivity index (χ2n) is 4.69. The monoisotopic (exact) mass is 294 g/mol. The van der Waals surface area contributed by atoms with Crippen LogP contribution in [0.15, 0.2) is 67.3 Å². The van der Waals surface area contributed by atoms with Gasteiger partial charge >= 0.3 is 0 Å². The lowest BCUT2D eigenvalue weighted by atomic mass is 10.1. The van der Waals surface area contributed by atoms with Crippen molar-refractivity contribution in [1.82, 2.24) is 14.8 Å². The fourth-order valence-corrected chi connectivity index (χ4v) is 2.04. The van der Waals surface area contributed by atoms with Gasteiger partial charge in [0, 0.05) is 5.69 Å². The quantitative estimate of drug-likeness (QED) is 0.770. The summed E-state index contributed by atoms with van der Waals surface area (Å²) in [4.78, 5) is 15.9. The summed E-state index contributed by atoms with van der Waals surface area (Å²) in [5.74, 6) is -0.472. The van der Waals surface area contributed by atoms with E-state index >= 15 is 0 Å². The highest BCUT2D eigenvalue weighted by atomic mass is 16.3. The molecule has 110 valence electrons. The minimum absolute atomic E-state index is 0.472. The Hall–Kier alpha value is -2.99. The summed E-state index contributed by atoms with van der Waals surface area (Å²) in [5.41, 5.74) is 1.99. The summed E-state index contributed by atoms with van der Waals surface area (Å²) in [5, 5.41) is 16.7. The van der Waals surface area contributed by atoms with Crippen molar-refractivity contribution in [3.8, 4) is 5.69 Å². The summed E-state index contributed by atoms with van der Waals surface area (Å²) in [6, 6.07) is 15.9. The second kappa shape index (κ2) is 6.19. The van der Waals surface area contributed by atoms with Crippen molar-refractivity contribution < 1.29 is 9.90 Å². The van der Waals surface area contributed by atoms with E-state index in [4.69, 9.17) is 0 Å². The molecule has 0 radical (unpaired) electrons. The van der Waals surface area contributed by atoms with E-state index in [9.17, 15) is 9.90 Å². The van der Waals surface area contributed by atoms with Crippen LogP contribution in [-0.2, 0) is 4.79 Å². The van der Waals surface area contributed by atoms with Crippen molar-refractivity contribution in [3.63, 3.8) is 0 Å². The van der Waals surface area contributed by atoms with Crippen LogP contribution in [0.3, 0.4) is 0 Å². The highest BCUT2D eigenvalue weighted by molar-refractivity contribution is 5.94. The number of nitrogens with zero attached hydrogens (tertiary/aromatic N) is 3. The van der Waals surface area contributed by atoms with E-state index in [-0.39, 0.29) is 0 Å². The molecule has 0 aliphatic carbocycles. The van der Waals surface area contributed by atoms with Crippen LogP contribution in [0.5, 0.6) is 0 Å². The van der Waals surface area contributed by atoms with Crippen LogP contribution >= 0.6 is 0 Å². The van der Waals surface area contributed by atoms with E-state index in [0.717, 1.165) is 5.69 Å². The average Bonchev–Trinajstić information content (AvgIpc) is 3.10. The standard InChI is InChI=1S/C16H14N4O2/c21-15(12-4-2-1-3-5-12)16(22)19-13-6-8-14(9-7-13)20-11-17-10-18-20/h1-11,15,21H,(H,19,22). The van der Waals surface area contributed by atoms with Crippen molar-refractivity contribution in [2.24, 2.45) is 0 Å². The molecule has 0 spiro atoms. The Morgan fingerprint density at radius 2 is 1.82 bits per heavy atom. The molecule has 0 aliphatic rings. The summed E-state index contributed by atoms with van der Waals surface area (Å²) in [6.07, 6.45) is 1.84. The van der Waals surface area contributed by atoms with Crippen molar-refractivity contribution in [2.45, 2.75) is 6.10 Å². The third-order valence-electron chi connectivity index (χ3n) is 3.18. The van der Waals surface area contributed by atoms with Gasteiger partial charge in [-0.3, -0.25) is 4.79 Å². The third kappa shape index (κ3) is 3.02. The first-order valence-corrected chi connectivity index (χ1v) is 6.73. The first-order valence-electron chi connectivity index (χ1n) is 6.73. The zero-order valence-electron chi connectivity index (χ0n) is 11.6. The molecule has 3 aromatic rings. The molecule has 6 heteroatoms. The van der Waals surface area contributed by atoms with Crippen molar-refractivity contribution in [2.75, 3.05) is 5.32 Å². The predicted octanol–water partition coefficient (Wildman–Crippen LogP) is 1.94. The smallest absolute Gasteiger partial charge is 0.257 e. The van der Waals surface area contributed by atoms with Crippen LogP contribution in [-0.4, -0.2) is 25.8 Å². The van der Waals surface area contributed by atoms with Gasteiger partial charge in [0.25, 0.3) is 5.91 Å². The van der Waals surface area contributed by atoms with Crippen LogP contribution in [0.4, 0.5) is 5.69 Å². The predicted molar refractivity (Wildman–Crippen MR) is 81.4 cm³/mol. The van der Waals surface area contributed by atoms with Gasteiger partial charge in [-0.15, -0.1) is 0 Å². The summed E-state index contributed by atoms with van der Waals surface area (Å²) in [6.45, 7) is 0. The zero-order valence-corrected chi connectivity index (χ0v) is 11.6. The molecule has 6 nitrogen and oxygen atoms in total. The Labute approximate surface area is 127 Å². The molecule has 0 bridgehead atoms. The van der Waals surface area contributed by atoms with E-state index in [1.165, 1.54) is 6.33 Å². The Bertz CT molecular complexity index is 740. The number of hydrogen-bond acceptors (Lipinski definition) is 4. The van der Waals surface area contributed by atoms with Crippen LogP contribution in [0.1, 0.15) is 11.7 Å². The molecule has 0 saturated heterocycles. The number of amides is 1. The first-order chi connectivity index (χ1) is 10.7. The van der Waals surface area contributed by atoms with Gasteiger partial charge in [-0.05, 0) is 29.8 Å². The zero-order chi connectivity index (χ0) is 15.4. The molecular formula is C16H14N4O2. The molecule has 0 saturated carbocycles. The number of anilines is 1. The normalized spacial score (nSPS) is 11.9. The Morgan fingerprint density at radius 3 is 2.45 bits per heavy atom. The molecule has 1 amide bonds. The van der Waals surface area contributed by atoms with Gasteiger partial charge < -0.3 is 10.4 Å². The average molecular weight is 294 g/mol. The number of carbonyl (C=O) groups is 1. The Kier molecular flexibility index (Phi) is 3.93. The number of rotatable bonds is 4. The number of aliphatic hydroxyl groups is 1. The van der Waals surface area contributed by atoms with Crippen LogP contribution in [0.25, 0.3) is 5.69 Å². The number of hydrogen-bond donors (Lipinski definition) is 2. The van der Waals surface area contributed by atoms with Crippen LogP contribution in [0, 0.1) is 0 Å². The fraction of sp³-hybridized carbons (Fsp3) is 0.0625. The van der Waals surface area contributed by atoms with Gasteiger partial charge in [-0.1, -0.05) is 30.3 Å². The minimum atomic E-state index is -1.20. The Balaban J connectivity index is 1.69. The molecule has 1 aromatic heterocycles. The lowest BCUT2D eigenvalue weighted by Crippen LogP contribution is -2.20. The van der Waals surface area contributed by atoms with E-state index in [2.05, 4.69) is 15.4 Å². The van der Waals surface area contributed by atoms with E-state index in [1.807, 2.05) is 6.07 Å². The number of aliphatic hydroxyl groups excluding tert-OH is 1. The van der Waals surface area contributed by atoms with Crippen molar-refractivity contribution >= 4 is 11.6 Å². The molecule has 1 unspecified atom stereocenters. The van der Waals surface area contributed by atoms with Gasteiger partial charge in [0.1, 0.15) is 12.7 Å².